The second-order valence-electron chi connectivity index (χ2n) is 4.27. The molecular weight excluding hydrogens is 340 g/mol. The molecule has 2 N–H and O–H groups in total. The SMILES string of the molecule is CNCc1ccccc1NC(=O)c1cc(Br)ccc1Cl. The molecule has 5 heteroatoms. The van der Waals surface area contributed by atoms with E-state index in [2.05, 4.69) is 26.6 Å². The fraction of sp³-hybridized carbons (Fsp3) is 0.133. The van der Waals surface area contributed by atoms with Gasteiger partial charge in [0.05, 0.1) is 10.6 Å². The van der Waals surface area contributed by atoms with Crippen LogP contribution in [-0.2, 0) is 6.54 Å². The van der Waals surface area contributed by atoms with Gasteiger partial charge in [0.2, 0.25) is 0 Å². The topological polar surface area (TPSA) is 41.1 Å². The molecule has 0 heterocycles. The lowest BCUT2D eigenvalue weighted by molar-refractivity contribution is 0.102. The zero-order valence-electron chi connectivity index (χ0n) is 10.9. The van der Waals surface area contributed by atoms with Gasteiger partial charge in [0.1, 0.15) is 0 Å². The van der Waals surface area contributed by atoms with Crippen molar-refractivity contribution < 1.29 is 4.79 Å². The van der Waals surface area contributed by atoms with Crippen molar-refractivity contribution in [3.05, 3.63) is 63.1 Å². The van der Waals surface area contributed by atoms with Gasteiger partial charge in [-0.05, 0) is 36.9 Å². The van der Waals surface area contributed by atoms with Gasteiger partial charge >= 0.3 is 0 Å². The average molecular weight is 354 g/mol. The molecule has 2 rings (SSSR count). The molecule has 0 fully saturated rings. The smallest absolute Gasteiger partial charge is 0.257 e. The van der Waals surface area contributed by atoms with Gasteiger partial charge in [-0.15, -0.1) is 0 Å². The number of benzene rings is 2. The molecule has 20 heavy (non-hydrogen) atoms. The van der Waals surface area contributed by atoms with Crippen LogP contribution in [0.4, 0.5) is 5.69 Å². The molecule has 0 radical (unpaired) electrons. The van der Waals surface area contributed by atoms with Crippen molar-refractivity contribution in [2.24, 2.45) is 0 Å². The highest BCUT2D eigenvalue weighted by Gasteiger charge is 2.12. The molecule has 0 aromatic heterocycles. The van der Waals surface area contributed by atoms with Crippen LogP contribution in [0.3, 0.4) is 0 Å². The molecule has 0 spiro atoms. The summed E-state index contributed by atoms with van der Waals surface area (Å²) in [6.45, 7) is 0.683. The summed E-state index contributed by atoms with van der Waals surface area (Å²) in [6, 6.07) is 12.9. The minimum Gasteiger partial charge on any atom is -0.322 e. The summed E-state index contributed by atoms with van der Waals surface area (Å²) in [6.07, 6.45) is 0. The lowest BCUT2D eigenvalue weighted by Crippen LogP contribution is -2.15. The Labute approximate surface area is 131 Å². The lowest BCUT2D eigenvalue weighted by atomic mass is 10.1. The van der Waals surface area contributed by atoms with Crippen LogP contribution in [0.25, 0.3) is 0 Å². The van der Waals surface area contributed by atoms with Crippen LogP contribution < -0.4 is 10.6 Å². The second-order valence-corrected chi connectivity index (χ2v) is 5.59. The largest absolute Gasteiger partial charge is 0.322 e. The van der Waals surface area contributed by atoms with E-state index in [1.54, 1.807) is 18.2 Å². The Morgan fingerprint density at radius 1 is 1.25 bits per heavy atom. The standard InChI is InChI=1S/C15H14BrClN2O/c1-18-9-10-4-2-3-5-14(10)19-15(20)12-8-11(16)6-7-13(12)17/h2-8,18H,9H2,1H3,(H,19,20). The van der Waals surface area contributed by atoms with Crippen molar-refractivity contribution in [3.8, 4) is 0 Å². The van der Waals surface area contributed by atoms with E-state index in [0.717, 1.165) is 15.7 Å². The van der Waals surface area contributed by atoms with Gasteiger partial charge in [0.25, 0.3) is 5.91 Å². The van der Waals surface area contributed by atoms with Crippen LogP contribution in [0.2, 0.25) is 5.02 Å². The van der Waals surface area contributed by atoms with Gasteiger partial charge in [-0.1, -0.05) is 45.7 Å². The molecule has 0 aliphatic rings. The quantitative estimate of drug-likeness (QED) is 0.870. The highest BCUT2D eigenvalue weighted by Crippen LogP contribution is 2.23. The Bertz CT molecular complexity index is 631. The Balaban J connectivity index is 2.26. The third kappa shape index (κ3) is 3.60. The Hall–Kier alpha value is -1.36. The number of carbonyl (C=O) groups is 1. The van der Waals surface area contributed by atoms with Crippen LogP contribution in [0.1, 0.15) is 15.9 Å². The van der Waals surface area contributed by atoms with Crippen molar-refractivity contribution in [2.75, 3.05) is 12.4 Å². The maximum atomic E-state index is 12.3. The first kappa shape index (κ1) is 15.0. The zero-order valence-corrected chi connectivity index (χ0v) is 13.3. The summed E-state index contributed by atoms with van der Waals surface area (Å²) < 4.78 is 0.815. The number of hydrogen-bond acceptors (Lipinski definition) is 2. The maximum Gasteiger partial charge on any atom is 0.257 e. The van der Waals surface area contributed by atoms with Gasteiger partial charge in [-0.2, -0.15) is 0 Å². The molecule has 104 valence electrons. The van der Waals surface area contributed by atoms with Gasteiger partial charge in [-0.25, -0.2) is 0 Å². The molecule has 0 aliphatic heterocycles. The summed E-state index contributed by atoms with van der Waals surface area (Å²) >= 11 is 9.40. The van der Waals surface area contributed by atoms with E-state index in [1.807, 2.05) is 31.3 Å². The Kier molecular flexibility index (Phi) is 5.17. The van der Waals surface area contributed by atoms with Gasteiger partial charge < -0.3 is 10.6 Å². The first-order chi connectivity index (χ1) is 9.61. The van der Waals surface area contributed by atoms with E-state index >= 15 is 0 Å². The number of rotatable bonds is 4. The molecule has 2 aromatic carbocycles. The molecule has 0 saturated carbocycles. The fourth-order valence-corrected chi connectivity index (χ4v) is 2.41. The molecule has 0 atom stereocenters. The highest BCUT2D eigenvalue weighted by molar-refractivity contribution is 9.10. The van der Waals surface area contributed by atoms with Crippen LogP contribution in [0.5, 0.6) is 0 Å². The molecule has 0 saturated heterocycles. The van der Waals surface area contributed by atoms with E-state index < -0.39 is 0 Å². The van der Waals surface area contributed by atoms with Crippen molar-refractivity contribution in [1.82, 2.24) is 5.32 Å². The van der Waals surface area contributed by atoms with Crippen molar-refractivity contribution in [3.63, 3.8) is 0 Å². The normalized spacial score (nSPS) is 10.3. The predicted molar refractivity (Wildman–Crippen MR) is 86.3 cm³/mol. The Morgan fingerprint density at radius 3 is 2.75 bits per heavy atom. The molecule has 0 aliphatic carbocycles. The first-order valence-corrected chi connectivity index (χ1v) is 7.28. The number of carbonyl (C=O) groups excluding carboxylic acids is 1. The number of hydrogen-bond donors (Lipinski definition) is 2. The van der Waals surface area contributed by atoms with Crippen molar-refractivity contribution in [2.45, 2.75) is 6.54 Å². The lowest BCUT2D eigenvalue weighted by Gasteiger charge is -2.11. The number of halogens is 2. The summed E-state index contributed by atoms with van der Waals surface area (Å²) in [4.78, 5) is 12.3. The second kappa shape index (κ2) is 6.88. The molecule has 3 nitrogen and oxygen atoms in total. The minimum atomic E-state index is -0.222. The number of anilines is 1. The first-order valence-electron chi connectivity index (χ1n) is 6.10. The maximum absolute atomic E-state index is 12.3. The monoisotopic (exact) mass is 352 g/mol. The Morgan fingerprint density at radius 2 is 2.00 bits per heavy atom. The molecular formula is C15H14BrClN2O. The molecule has 1 amide bonds. The fourth-order valence-electron chi connectivity index (χ4n) is 1.85. The summed E-state index contributed by atoms with van der Waals surface area (Å²) in [5.74, 6) is -0.222. The third-order valence-electron chi connectivity index (χ3n) is 2.81. The van der Waals surface area contributed by atoms with E-state index in [9.17, 15) is 4.79 Å². The van der Waals surface area contributed by atoms with E-state index in [0.29, 0.717) is 17.1 Å². The number of amides is 1. The molecule has 0 unspecified atom stereocenters. The van der Waals surface area contributed by atoms with Crippen LogP contribution in [0, 0.1) is 0 Å². The van der Waals surface area contributed by atoms with Crippen LogP contribution in [-0.4, -0.2) is 13.0 Å². The van der Waals surface area contributed by atoms with E-state index in [1.165, 1.54) is 0 Å². The van der Waals surface area contributed by atoms with Crippen LogP contribution >= 0.6 is 27.5 Å². The van der Waals surface area contributed by atoms with Crippen molar-refractivity contribution >= 4 is 39.1 Å². The van der Waals surface area contributed by atoms with E-state index in [4.69, 9.17) is 11.6 Å². The minimum absolute atomic E-state index is 0.222. The van der Waals surface area contributed by atoms with Crippen LogP contribution in [0.15, 0.2) is 46.9 Å². The highest BCUT2D eigenvalue weighted by atomic mass is 79.9. The molecule has 0 bridgehead atoms. The van der Waals surface area contributed by atoms with Crippen molar-refractivity contribution in [1.29, 1.82) is 0 Å². The predicted octanol–water partition coefficient (Wildman–Crippen LogP) is 4.07. The average Bonchev–Trinajstić information content (AvgIpc) is 2.44. The molecule has 2 aromatic rings. The van der Waals surface area contributed by atoms with Gasteiger partial charge in [0, 0.05) is 16.7 Å². The third-order valence-corrected chi connectivity index (χ3v) is 3.63. The summed E-state index contributed by atoms with van der Waals surface area (Å²) in [5.41, 5.74) is 2.25. The van der Waals surface area contributed by atoms with Gasteiger partial charge in [-0.3, -0.25) is 4.79 Å². The van der Waals surface area contributed by atoms with E-state index in [-0.39, 0.29) is 5.91 Å². The zero-order chi connectivity index (χ0) is 14.5. The summed E-state index contributed by atoms with van der Waals surface area (Å²) in [7, 11) is 1.86. The number of nitrogens with one attached hydrogen (secondary N) is 2. The van der Waals surface area contributed by atoms with Gasteiger partial charge in [0.15, 0.2) is 0 Å². The number of para-hydroxylation sites is 1. The summed E-state index contributed by atoms with van der Waals surface area (Å²) in [5, 5.41) is 6.40.